The molecule has 0 amide bonds. The first kappa shape index (κ1) is 23.7. The lowest BCUT2D eigenvalue weighted by Gasteiger charge is -2.24. The first-order valence-corrected chi connectivity index (χ1v) is 12.7. The predicted molar refractivity (Wildman–Crippen MR) is 140 cm³/mol. The van der Waals surface area contributed by atoms with E-state index in [1.165, 1.54) is 17.4 Å². The van der Waals surface area contributed by atoms with Gasteiger partial charge in [0, 0.05) is 4.90 Å². The number of carbonyl (C=O) groups excluding carboxylic acids is 1. The normalized spacial score (nSPS) is 15.8. The number of carbonyl (C=O) groups is 1. The van der Waals surface area contributed by atoms with Gasteiger partial charge in [0.1, 0.15) is 6.61 Å². The molecule has 1 unspecified atom stereocenters. The quantitative estimate of drug-likeness (QED) is 0.282. The number of benzene rings is 2. The number of rotatable bonds is 7. The fourth-order valence-electron chi connectivity index (χ4n) is 3.72. The van der Waals surface area contributed by atoms with Crippen LogP contribution in [-0.2, 0) is 9.53 Å². The lowest BCUT2D eigenvalue weighted by Crippen LogP contribution is -2.39. The third-order valence-electron chi connectivity index (χ3n) is 5.34. The molecule has 3 aromatic rings. The Kier molecular flexibility index (Phi) is 7.45. The average molecular weight is 489 g/mol. The Morgan fingerprint density at radius 2 is 1.94 bits per heavy atom. The molecular weight excluding hydrogens is 464 g/mol. The van der Waals surface area contributed by atoms with E-state index in [1.807, 2.05) is 73.0 Å². The van der Waals surface area contributed by atoms with Crippen molar-refractivity contribution in [2.75, 3.05) is 12.9 Å². The van der Waals surface area contributed by atoms with Crippen molar-refractivity contribution in [3.05, 3.63) is 115 Å². The molecule has 0 fully saturated rings. The number of aromatic nitrogens is 1. The minimum Gasteiger partial charge on any atom is -0.458 e. The van der Waals surface area contributed by atoms with Crippen LogP contribution < -0.4 is 14.9 Å². The smallest absolute Gasteiger partial charge is 0.338 e. The molecule has 2 heterocycles. The molecule has 4 rings (SSSR count). The van der Waals surface area contributed by atoms with Crippen LogP contribution in [0.25, 0.3) is 12.2 Å². The van der Waals surface area contributed by atoms with Gasteiger partial charge in [-0.1, -0.05) is 78.6 Å². The first-order valence-electron chi connectivity index (χ1n) is 10.7. The highest BCUT2D eigenvalue weighted by Gasteiger charge is 2.33. The molecule has 1 aliphatic rings. The maximum absolute atomic E-state index is 13.5. The van der Waals surface area contributed by atoms with Crippen molar-refractivity contribution in [3.8, 4) is 0 Å². The number of hydrogen-bond donors (Lipinski definition) is 0. The van der Waals surface area contributed by atoms with Crippen LogP contribution in [0.15, 0.2) is 99.3 Å². The number of ether oxygens (including phenoxy) is 1. The maximum Gasteiger partial charge on any atom is 0.338 e. The molecule has 5 nitrogen and oxygen atoms in total. The van der Waals surface area contributed by atoms with Gasteiger partial charge in [-0.15, -0.1) is 11.8 Å². The van der Waals surface area contributed by atoms with Crippen molar-refractivity contribution in [2.24, 2.45) is 4.99 Å². The molecule has 1 atom stereocenters. The molecule has 1 aromatic heterocycles. The van der Waals surface area contributed by atoms with Gasteiger partial charge in [-0.05, 0) is 42.5 Å². The van der Waals surface area contributed by atoms with E-state index < -0.39 is 12.0 Å². The molecular formula is C27H24N2O3S2. The van der Waals surface area contributed by atoms with Crippen LogP contribution >= 0.6 is 23.1 Å². The molecule has 0 radical (unpaired) electrons. The summed E-state index contributed by atoms with van der Waals surface area (Å²) in [6.45, 7) is 5.48. The number of hydrogen-bond acceptors (Lipinski definition) is 6. The highest BCUT2D eigenvalue weighted by molar-refractivity contribution is 7.98. The third kappa shape index (κ3) is 4.90. The molecule has 0 N–H and O–H groups in total. The number of fused-ring (bicyclic) bond motifs is 1. The van der Waals surface area contributed by atoms with Gasteiger partial charge in [-0.3, -0.25) is 9.36 Å². The Morgan fingerprint density at radius 3 is 2.62 bits per heavy atom. The fourth-order valence-corrected chi connectivity index (χ4v) is 5.13. The Labute approximate surface area is 206 Å². The minimum atomic E-state index is -0.621. The topological polar surface area (TPSA) is 60.7 Å². The van der Waals surface area contributed by atoms with Gasteiger partial charge >= 0.3 is 5.97 Å². The summed E-state index contributed by atoms with van der Waals surface area (Å²) in [6.07, 6.45) is 9.11. The summed E-state index contributed by atoms with van der Waals surface area (Å²) in [6, 6.07) is 17.1. The van der Waals surface area contributed by atoms with E-state index in [0.29, 0.717) is 20.6 Å². The number of thiazole rings is 1. The number of esters is 1. The highest BCUT2D eigenvalue weighted by Crippen LogP contribution is 2.31. The van der Waals surface area contributed by atoms with E-state index in [9.17, 15) is 9.59 Å². The van der Waals surface area contributed by atoms with Gasteiger partial charge in [0.15, 0.2) is 4.80 Å². The molecule has 1 aliphatic heterocycles. The van der Waals surface area contributed by atoms with Crippen LogP contribution in [0.5, 0.6) is 0 Å². The molecule has 0 saturated heterocycles. The van der Waals surface area contributed by atoms with Crippen LogP contribution in [0, 0.1) is 0 Å². The number of thioether (sulfide) groups is 1. The van der Waals surface area contributed by atoms with Gasteiger partial charge < -0.3 is 4.74 Å². The van der Waals surface area contributed by atoms with Crippen molar-refractivity contribution in [1.82, 2.24) is 4.57 Å². The SMILES string of the molecule is C=CCOC(=O)C1=C(C)N=c2sc(=CC=Cc3ccccc3)c(=O)n2C1c1ccc(SC)cc1. The van der Waals surface area contributed by atoms with E-state index in [0.717, 1.165) is 16.0 Å². The van der Waals surface area contributed by atoms with Crippen LogP contribution in [0.1, 0.15) is 24.1 Å². The maximum atomic E-state index is 13.5. The summed E-state index contributed by atoms with van der Waals surface area (Å²) in [5.41, 5.74) is 2.58. The summed E-state index contributed by atoms with van der Waals surface area (Å²) in [5, 5.41) is 0. The van der Waals surface area contributed by atoms with Crippen LogP contribution in [-0.4, -0.2) is 23.4 Å². The van der Waals surface area contributed by atoms with E-state index in [-0.39, 0.29) is 12.2 Å². The van der Waals surface area contributed by atoms with Crippen LogP contribution in [0.2, 0.25) is 0 Å². The second-order valence-corrected chi connectivity index (χ2v) is 9.42. The molecule has 0 aliphatic carbocycles. The molecule has 0 bridgehead atoms. The lowest BCUT2D eigenvalue weighted by molar-refractivity contribution is -0.138. The third-order valence-corrected chi connectivity index (χ3v) is 7.09. The summed E-state index contributed by atoms with van der Waals surface area (Å²) < 4.78 is 7.51. The van der Waals surface area contributed by atoms with Crippen molar-refractivity contribution >= 4 is 41.2 Å². The fraction of sp³-hybridized carbons (Fsp3) is 0.148. The molecule has 34 heavy (non-hydrogen) atoms. The predicted octanol–water partition coefficient (Wildman–Crippen LogP) is 4.35. The number of allylic oxidation sites excluding steroid dienone is 2. The summed E-state index contributed by atoms with van der Waals surface area (Å²) in [5.74, 6) is -0.502. The second kappa shape index (κ2) is 10.7. The summed E-state index contributed by atoms with van der Waals surface area (Å²) in [4.78, 5) is 32.8. The Bertz CT molecular complexity index is 1450. The summed E-state index contributed by atoms with van der Waals surface area (Å²) >= 11 is 2.94. The van der Waals surface area contributed by atoms with Crippen LogP contribution in [0.3, 0.4) is 0 Å². The van der Waals surface area contributed by atoms with Crippen molar-refractivity contribution in [1.29, 1.82) is 0 Å². The zero-order valence-corrected chi connectivity index (χ0v) is 20.6. The van der Waals surface area contributed by atoms with Crippen molar-refractivity contribution in [3.63, 3.8) is 0 Å². The van der Waals surface area contributed by atoms with E-state index in [1.54, 1.807) is 29.3 Å². The minimum absolute atomic E-state index is 0.0858. The van der Waals surface area contributed by atoms with Gasteiger partial charge in [0.25, 0.3) is 5.56 Å². The Balaban J connectivity index is 1.84. The van der Waals surface area contributed by atoms with Crippen molar-refractivity contribution < 1.29 is 9.53 Å². The zero-order chi connectivity index (χ0) is 24.1. The van der Waals surface area contributed by atoms with E-state index in [4.69, 9.17) is 4.74 Å². The molecule has 0 saturated carbocycles. The van der Waals surface area contributed by atoms with Crippen LogP contribution in [0.4, 0.5) is 0 Å². The monoisotopic (exact) mass is 488 g/mol. The Hall–Kier alpha value is -3.42. The van der Waals surface area contributed by atoms with Gasteiger partial charge in [-0.2, -0.15) is 0 Å². The van der Waals surface area contributed by atoms with Crippen molar-refractivity contribution in [2.45, 2.75) is 17.9 Å². The van der Waals surface area contributed by atoms with Gasteiger partial charge in [0.2, 0.25) is 0 Å². The average Bonchev–Trinajstić information content (AvgIpc) is 3.17. The largest absolute Gasteiger partial charge is 0.458 e. The highest BCUT2D eigenvalue weighted by atomic mass is 32.2. The van der Waals surface area contributed by atoms with E-state index in [2.05, 4.69) is 11.6 Å². The van der Waals surface area contributed by atoms with Gasteiger partial charge in [0.05, 0.1) is 21.8 Å². The lowest BCUT2D eigenvalue weighted by atomic mass is 9.96. The molecule has 0 spiro atoms. The molecule has 172 valence electrons. The second-order valence-electron chi connectivity index (χ2n) is 7.53. The van der Waals surface area contributed by atoms with E-state index >= 15 is 0 Å². The molecule has 2 aromatic carbocycles. The molecule has 7 heteroatoms. The Morgan fingerprint density at radius 1 is 1.21 bits per heavy atom. The number of nitrogens with zero attached hydrogens (tertiary/aromatic N) is 2. The standard InChI is InChI=1S/C27H24N2O3S2/c1-4-17-32-26(31)23-18(2)28-27-29(24(23)20-13-15-21(33-3)16-14-20)25(30)22(34-27)12-8-11-19-9-6-5-7-10-19/h4-16,24H,1,17H2,2-3H3. The summed E-state index contributed by atoms with van der Waals surface area (Å²) in [7, 11) is 0. The first-order chi connectivity index (χ1) is 16.5. The zero-order valence-electron chi connectivity index (χ0n) is 18.9. The van der Waals surface area contributed by atoms with Gasteiger partial charge in [-0.25, -0.2) is 9.79 Å².